The Balaban J connectivity index is 1.54. The summed E-state index contributed by atoms with van der Waals surface area (Å²) in [7, 11) is 1.63. The molecule has 0 fully saturated rings. The number of hydrogen-bond acceptors (Lipinski definition) is 5. The van der Waals surface area contributed by atoms with Crippen LogP contribution in [0.15, 0.2) is 72.8 Å². The first kappa shape index (κ1) is 22.7. The number of nitrogens with one attached hydrogen (secondary N) is 1. The van der Waals surface area contributed by atoms with Crippen LogP contribution in [0.2, 0.25) is 0 Å². The molecule has 1 N–H and O–H groups in total. The number of thiazole rings is 1. The van der Waals surface area contributed by atoms with Crippen molar-refractivity contribution >= 4 is 33.3 Å². The first-order valence-corrected chi connectivity index (χ1v) is 12.2. The number of amides is 1. The second-order valence-electron chi connectivity index (χ2n) is 8.45. The summed E-state index contributed by atoms with van der Waals surface area (Å²) in [6.45, 7) is 6.22. The van der Waals surface area contributed by atoms with Crippen LogP contribution in [0.4, 0.5) is 5.13 Å². The summed E-state index contributed by atoms with van der Waals surface area (Å²) in [4.78, 5) is 24.1. The number of pyridine rings is 1. The summed E-state index contributed by atoms with van der Waals surface area (Å²) in [5, 5.41) is 4.38. The van der Waals surface area contributed by atoms with Gasteiger partial charge in [-0.1, -0.05) is 42.5 Å². The first-order valence-electron chi connectivity index (χ1n) is 11.3. The number of aromatic nitrogens is 2. The number of para-hydroxylation sites is 2. The van der Waals surface area contributed by atoms with E-state index in [0.717, 1.165) is 32.6 Å². The number of aryl methyl sites for hydroxylation is 3. The maximum Gasteiger partial charge on any atom is 0.258 e. The molecule has 0 unspecified atom stereocenters. The smallest absolute Gasteiger partial charge is 0.258 e. The van der Waals surface area contributed by atoms with Crippen LogP contribution in [0.25, 0.3) is 33.4 Å². The number of ether oxygens (including phenoxy) is 1. The van der Waals surface area contributed by atoms with Gasteiger partial charge >= 0.3 is 0 Å². The van der Waals surface area contributed by atoms with Crippen molar-refractivity contribution in [1.82, 2.24) is 9.97 Å². The summed E-state index contributed by atoms with van der Waals surface area (Å²) < 4.78 is 5.53. The molecule has 0 aliphatic carbocycles. The van der Waals surface area contributed by atoms with Gasteiger partial charge in [0.15, 0.2) is 5.13 Å². The van der Waals surface area contributed by atoms with E-state index in [0.29, 0.717) is 22.1 Å². The van der Waals surface area contributed by atoms with Gasteiger partial charge in [-0.3, -0.25) is 10.1 Å². The van der Waals surface area contributed by atoms with Crippen LogP contribution in [-0.2, 0) is 0 Å². The molecule has 5 nitrogen and oxygen atoms in total. The van der Waals surface area contributed by atoms with E-state index in [1.54, 1.807) is 7.11 Å². The molecule has 2 aromatic heterocycles. The van der Waals surface area contributed by atoms with E-state index in [1.165, 1.54) is 22.5 Å². The third-order valence-corrected chi connectivity index (χ3v) is 7.03. The van der Waals surface area contributed by atoms with Crippen molar-refractivity contribution in [2.24, 2.45) is 0 Å². The SMILES string of the molecule is COc1ccccc1-c1cc(C(=O)Nc2nc(-c3ccc(C)c(C)c3)c(C)s2)c2ccccc2n1. The van der Waals surface area contributed by atoms with E-state index >= 15 is 0 Å². The molecule has 0 saturated carbocycles. The lowest BCUT2D eigenvalue weighted by atomic mass is 10.0. The number of hydrogen-bond donors (Lipinski definition) is 1. The molecule has 2 heterocycles. The summed E-state index contributed by atoms with van der Waals surface area (Å²) in [6, 6.07) is 23.5. The predicted octanol–water partition coefficient (Wildman–Crippen LogP) is 7.21. The van der Waals surface area contributed by atoms with Crippen LogP contribution in [0.5, 0.6) is 5.75 Å². The number of benzene rings is 3. The Hall–Kier alpha value is -4.03. The van der Waals surface area contributed by atoms with Gasteiger partial charge in [-0.25, -0.2) is 9.97 Å². The number of carbonyl (C=O) groups is 1. The number of methoxy groups -OCH3 is 1. The maximum absolute atomic E-state index is 13.5. The average molecular weight is 480 g/mol. The summed E-state index contributed by atoms with van der Waals surface area (Å²) in [5.74, 6) is 0.482. The highest BCUT2D eigenvalue weighted by Crippen LogP contribution is 2.34. The van der Waals surface area contributed by atoms with E-state index < -0.39 is 0 Å². The zero-order valence-corrected chi connectivity index (χ0v) is 20.9. The third-order valence-electron chi connectivity index (χ3n) is 6.14. The molecule has 6 heteroatoms. The molecule has 5 aromatic rings. The lowest BCUT2D eigenvalue weighted by Crippen LogP contribution is -2.13. The summed E-state index contributed by atoms with van der Waals surface area (Å²) in [5.41, 5.74) is 7.19. The van der Waals surface area contributed by atoms with Gasteiger partial charge in [-0.2, -0.15) is 0 Å². The zero-order valence-electron chi connectivity index (χ0n) is 20.0. The van der Waals surface area contributed by atoms with Gasteiger partial charge in [0.25, 0.3) is 5.91 Å². The molecule has 0 atom stereocenters. The summed E-state index contributed by atoms with van der Waals surface area (Å²) >= 11 is 1.48. The Labute approximate surface area is 208 Å². The van der Waals surface area contributed by atoms with Crippen molar-refractivity contribution in [1.29, 1.82) is 0 Å². The first-order chi connectivity index (χ1) is 16.9. The Morgan fingerprint density at radius 3 is 2.46 bits per heavy atom. The van der Waals surface area contributed by atoms with Crippen LogP contribution in [0.1, 0.15) is 26.4 Å². The molecule has 35 heavy (non-hydrogen) atoms. The van der Waals surface area contributed by atoms with Crippen LogP contribution in [0, 0.1) is 20.8 Å². The van der Waals surface area contributed by atoms with Gasteiger partial charge in [0.05, 0.1) is 29.6 Å². The van der Waals surface area contributed by atoms with E-state index in [1.807, 2.05) is 61.5 Å². The molecular formula is C29H25N3O2S. The van der Waals surface area contributed by atoms with Crippen molar-refractivity contribution < 1.29 is 9.53 Å². The molecule has 0 bridgehead atoms. The van der Waals surface area contributed by atoms with E-state index in [2.05, 4.69) is 37.4 Å². The highest BCUT2D eigenvalue weighted by atomic mass is 32.1. The number of nitrogens with zero attached hydrogens (tertiary/aromatic N) is 2. The molecule has 5 rings (SSSR count). The van der Waals surface area contributed by atoms with Crippen LogP contribution < -0.4 is 10.1 Å². The minimum atomic E-state index is -0.222. The molecule has 0 radical (unpaired) electrons. The van der Waals surface area contributed by atoms with Gasteiger partial charge in [-0.05, 0) is 62.2 Å². The Bertz CT molecular complexity index is 1570. The van der Waals surface area contributed by atoms with Crippen molar-refractivity contribution in [2.75, 3.05) is 12.4 Å². The normalized spacial score (nSPS) is 11.0. The Morgan fingerprint density at radius 1 is 0.886 bits per heavy atom. The quantitative estimate of drug-likeness (QED) is 0.289. The van der Waals surface area contributed by atoms with Crippen LogP contribution in [0.3, 0.4) is 0 Å². The minimum Gasteiger partial charge on any atom is -0.496 e. The van der Waals surface area contributed by atoms with Gasteiger partial charge in [0.1, 0.15) is 5.75 Å². The van der Waals surface area contributed by atoms with Gasteiger partial charge in [-0.15, -0.1) is 11.3 Å². The molecule has 174 valence electrons. The van der Waals surface area contributed by atoms with E-state index in [9.17, 15) is 4.79 Å². The lowest BCUT2D eigenvalue weighted by Gasteiger charge is -2.12. The molecule has 0 saturated heterocycles. The number of carbonyl (C=O) groups excluding carboxylic acids is 1. The second kappa shape index (κ2) is 9.31. The fourth-order valence-corrected chi connectivity index (χ4v) is 4.96. The minimum absolute atomic E-state index is 0.222. The largest absolute Gasteiger partial charge is 0.496 e. The topological polar surface area (TPSA) is 64.1 Å². The monoisotopic (exact) mass is 479 g/mol. The molecular weight excluding hydrogens is 454 g/mol. The third kappa shape index (κ3) is 4.40. The van der Waals surface area contributed by atoms with E-state index in [4.69, 9.17) is 14.7 Å². The van der Waals surface area contributed by atoms with Crippen LogP contribution in [-0.4, -0.2) is 23.0 Å². The van der Waals surface area contributed by atoms with Gasteiger partial charge < -0.3 is 4.74 Å². The highest BCUT2D eigenvalue weighted by Gasteiger charge is 2.18. The van der Waals surface area contributed by atoms with Crippen molar-refractivity contribution in [3.8, 4) is 28.3 Å². The fourth-order valence-electron chi connectivity index (χ4n) is 4.13. The van der Waals surface area contributed by atoms with Gasteiger partial charge in [0.2, 0.25) is 0 Å². The Morgan fingerprint density at radius 2 is 1.66 bits per heavy atom. The molecule has 0 aliphatic rings. The van der Waals surface area contributed by atoms with Crippen molar-refractivity contribution in [3.63, 3.8) is 0 Å². The number of anilines is 1. The lowest BCUT2D eigenvalue weighted by molar-refractivity contribution is 0.102. The van der Waals surface area contributed by atoms with Gasteiger partial charge in [0, 0.05) is 21.4 Å². The summed E-state index contributed by atoms with van der Waals surface area (Å²) in [6.07, 6.45) is 0. The van der Waals surface area contributed by atoms with Crippen molar-refractivity contribution in [3.05, 3.63) is 94.4 Å². The fraction of sp³-hybridized carbons (Fsp3) is 0.138. The number of rotatable bonds is 5. The van der Waals surface area contributed by atoms with Crippen molar-refractivity contribution in [2.45, 2.75) is 20.8 Å². The highest BCUT2D eigenvalue weighted by molar-refractivity contribution is 7.16. The molecule has 1 amide bonds. The number of fused-ring (bicyclic) bond motifs is 1. The molecule has 3 aromatic carbocycles. The molecule has 0 spiro atoms. The van der Waals surface area contributed by atoms with E-state index in [-0.39, 0.29) is 5.91 Å². The zero-order chi connectivity index (χ0) is 24.5. The predicted molar refractivity (Wildman–Crippen MR) is 143 cm³/mol. The average Bonchev–Trinajstić information content (AvgIpc) is 3.24. The Kier molecular flexibility index (Phi) is 6.05. The molecule has 0 aliphatic heterocycles. The maximum atomic E-state index is 13.5. The standard InChI is InChI=1S/C29H25N3O2S/c1-17-13-14-20(15-18(17)2)27-19(3)35-29(31-27)32-28(33)23-16-25(22-10-6-8-12-26(22)34-4)30-24-11-7-5-9-21(23)24/h5-16H,1-4H3,(H,31,32,33). The van der Waals surface area contributed by atoms with Crippen LogP contribution >= 0.6 is 11.3 Å². The second-order valence-corrected chi connectivity index (χ2v) is 9.65.